The summed E-state index contributed by atoms with van der Waals surface area (Å²) in [6.45, 7) is 6.02. The average Bonchev–Trinajstić information content (AvgIpc) is 2.37. The third-order valence-corrected chi connectivity index (χ3v) is 4.60. The van der Waals surface area contributed by atoms with Gasteiger partial charge in [-0.05, 0) is 26.3 Å². The minimum Gasteiger partial charge on any atom is -0.307 e. The first-order chi connectivity index (χ1) is 8.62. The second-order valence-electron chi connectivity index (χ2n) is 3.70. The summed E-state index contributed by atoms with van der Waals surface area (Å²) in [5, 5.41) is 0. The number of benzene rings is 1. The number of rotatable bonds is 7. The highest BCUT2D eigenvalue weighted by molar-refractivity contribution is 7.54. The van der Waals surface area contributed by atoms with Gasteiger partial charge in [0.2, 0.25) is 0 Å². The molecule has 0 amide bonds. The van der Waals surface area contributed by atoms with E-state index in [-0.39, 0.29) is 0 Å². The Kier molecular flexibility index (Phi) is 6.27. The van der Waals surface area contributed by atoms with Gasteiger partial charge in [0.1, 0.15) is 5.78 Å². The van der Waals surface area contributed by atoms with Crippen molar-refractivity contribution in [1.29, 1.82) is 0 Å². The maximum Gasteiger partial charge on any atom is 0.354 e. The van der Waals surface area contributed by atoms with Gasteiger partial charge in [0.05, 0.1) is 13.2 Å². The van der Waals surface area contributed by atoms with E-state index in [1.165, 1.54) is 0 Å². The van der Waals surface area contributed by atoms with Gasteiger partial charge < -0.3 is 9.05 Å². The molecule has 0 radical (unpaired) electrons. The molecule has 4 nitrogen and oxygen atoms in total. The number of aliphatic imine (C=N–C) groups is 1. The summed E-state index contributed by atoms with van der Waals surface area (Å²) in [5.41, 5.74) is 0.962. The Morgan fingerprint density at radius 1 is 1.22 bits per heavy atom. The Morgan fingerprint density at radius 2 is 1.78 bits per heavy atom. The van der Waals surface area contributed by atoms with E-state index in [1.807, 2.05) is 30.3 Å². The van der Waals surface area contributed by atoms with E-state index in [4.69, 9.17) is 9.05 Å². The van der Waals surface area contributed by atoms with E-state index in [9.17, 15) is 4.57 Å². The minimum atomic E-state index is -3.15. The summed E-state index contributed by atoms with van der Waals surface area (Å²) in [5.74, 6) is -0.502. The third kappa shape index (κ3) is 4.37. The first kappa shape index (κ1) is 15.1. The van der Waals surface area contributed by atoms with E-state index < -0.39 is 13.4 Å². The zero-order chi connectivity index (χ0) is 13.4. The summed E-state index contributed by atoms with van der Waals surface area (Å²) in [7, 11) is -3.15. The fraction of sp³-hybridized carbons (Fsp3) is 0.462. The van der Waals surface area contributed by atoms with Gasteiger partial charge in [-0.2, -0.15) is 0 Å². The van der Waals surface area contributed by atoms with Crippen molar-refractivity contribution in [2.24, 2.45) is 4.99 Å². The lowest BCUT2D eigenvalue weighted by molar-refractivity contribution is 0.214. The van der Waals surface area contributed by atoms with Gasteiger partial charge in [-0.3, -0.25) is 9.56 Å². The van der Waals surface area contributed by atoms with Gasteiger partial charge in [0.25, 0.3) is 0 Å². The zero-order valence-electron chi connectivity index (χ0n) is 11.1. The van der Waals surface area contributed by atoms with Crippen molar-refractivity contribution in [1.82, 2.24) is 0 Å². The Hall–Kier alpha value is -0.960. The van der Waals surface area contributed by atoms with Crippen LogP contribution < -0.4 is 0 Å². The lowest BCUT2D eigenvalue weighted by Crippen LogP contribution is -2.08. The summed E-state index contributed by atoms with van der Waals surface area (Å²) in [6, 6.07) is 9.66. The van der Waals surface area contributed by atoms with Crippen LogP contribution in [0.2, 0.25) is 0 Å². The molecule has 1 atom stereocenters. The third-order valence-electron chi connectivity index (χ3n) is 2.31. The maximum atomic E-state index is 12.4. The van der Waals surface area contributed by atoms with E-state index in [1.54, 1.807) is 27.0 Å². The van der Waals surface area contributed by atoms with Crippen molar-refractivity contribution in [3.05, 3.63) is 35.9 Å². The minimum absolute atomic E-state index is 0.350. The van der Waals surface area contributed by atoms with Gasteiger partial charge in [-0.15, -0.1) is 0 Å². The van der Waals surface area contributed by atoms with Gasteiger partial charge in [-0.25, -0.2) is 0 Å². The van der Waals surface area contributed by atoms with Crippen LogP contribution in [0.15, 0.2) is 35.3 Å². The van der Waals surface area contributed by atoms with Crippen molar-refractivity contribution in [3.63, 3.8) is 0 Å². The summed E-state index contributed by atoms with van der Waals surface area (Å²) >= 11 is 0. The van der Waals surface area contributed by atoms with E-state index in [0.717, 1.165) is 5.56 Å². The molecule has 0 saturated carbocycles. The molecule has 5 heteroatoms. The molecule has 18 heavy (non-hydrogen) atoms. The van der Waals surface area contributed by atoms with Crippen molar-refractivity contribution in [2.75, 3.05) is 13.2 Å². The smallest absolute Gasteiger partial charge is 0.307 e. The SMILES string of the molecule is CCOP(=O)(OCC)C(C)/N=C/c1ccccc1. The van der Waals surface area contributed by atoms with Gasteiger partial charge in [0, 0.05) is 6.21 Å². The normalized spacial score (nSPS) is 13.9. The van der Waals surface area contributed by atoms with Crippen LogP contribution in [-0.4, -0.2) is 25.2 Å². The van der Waals surface area contributed by atoms with Gasteiger partial charge in [0.15, 0.2) is 0 Å². The maximum absolute atomic E-state index is 12.4. The van der Waals surface area contributed by atoms with Crippen LogP contribution in [0.1, 0.15) is 26.3 Å². The van der Waals surface area contributed by atoms with Crippen molar-refractivity contribution in [3.8, 4) is 0 Å². The molecule has 1 aromatic rings. The van der Waals surface area contributed by atoms with E-state index in [2.05, 4.69) is 4.99 Å². The van der Waals surface area contributed by atoms with Crippen molar-refractivity contribution in [2.45, 2.75) is 26.6 Å². The van der Waals surface area contributed by atoms with Gasteiger partial charge >= 0.3 is 7.60 Å². The molecule has 0 aliphatic carbocycles. The second kappa shape index (κ2) is 7.47. The van der Waals surface area contributed by atoms with Crippen molar-refractivity contribution >= 4 is 13.8 Å². The molecule has 1 aromatic carbocycles. The monoisotopic (exact) mass is 269 g/mol. The molecule has 0 heterocycles. The Bertz CT molecular complexity index is 410. The molecule has 1 rings (SSSR count). The standard InChI is InChI=1S/C13H20NO3P/c1-4-16-18(15,17-5-2)12(3)14-11-13-9-7-6-8-10-13/h6-12H,4-5H2,1-3H3/b14-11+. The average molecular weight is 269 g/mol. The second-order valence-corrected chi connectivity index (χ2v) is 6.04. The molecule has 100 valence electrons. The molecular formula is C13H20NO3P. The highest BCUT2D eigenvalue weighted by Crippen LogP contribution is 2.53. The molecule has 0 aromatic heterocycles. The Labute approximate surface area is 109 Å². The van der Waals surface area contributed by atoms with E-state index in [0.29, 0.717) is 13.2 Å². The molecular weight excluding hydrogens is 249 g/mol. The Balaban J connectivity index is 2.76. The van der Waals surface area contributed by atoms with Crippen molar-refractivity contribution < 1.29 is 13.6 Å². The van der Waals surface area contributed by atoms with Crippen LogP contribution in [-0.2, 0) is 13.6 Å². The van der Waals surface area contributed by atoms with Crippen LogP contribution in [0.4, 0.5) is 0 Å². The highest BCUT2D eigenvalue weighted by atomic mass is 31.2. The highest BCUT2D eigenvalue weighted by Gasteiger charge is 2.31. The first-order valence-corrected chi connectivity index (χ1v) is 7.70. The topological polar surface area (TPSA) is 47.9 Å². The van der Waals surface area contributed by atoms with Gasteiger partial charge in [-0.1, -0.05) is 30.3 Å². The summed E-state index contributed by atoms with van der Waals surface area (Å²) in [6.07, 6.45) is 1.69. The fourth-order valence-electron chi connectivity index (χ4n) is 1.43. The van der Waals surface area contributed by atoms with Crippen LogP contribution in [0.25, 0.3) is 0 Å². The summed E-state index contributed by atoms with van der Waals surface area (Å²) in [4.78, 5) is 4.27. The molecule has 0 aliphatic heterocycles. The fourth-order valence-corrected chi connectivity index (χ4v) is 2.88. The Morgan fingerprint density at radius 3 is 2.28 bits per heavy atom. The molecule has 0 N–H and O–H groups in total. The molecule has 0 bridgehead atoms. The summed E-state index contributed by atoms with van der Waals surface area (Å²) < 4.78 is 22.9. The van der Waals surface area contributed by atoms with Crippen LogP contribution in [0.3, 0.4) is 0 Å². The van der Waals surface area contributed by atoms with Crippen LogP contribution >= 0.6 is 7.60 Å². The molecule has 0 spiro atoms. The quantitative estimate of drug-likeness (QED) is 0.560. The lowest BCUT2D eigenvalue weighted by Gasteiger charge is -2.20. The van der Waals surface area contributed by atoms with E-state index >= 15 is 0 Å². The predicted octanol–water partition coefficient (Wildman–Crippen LogP) is 3.72. The number of nitrogens with zero attached hydrogens (tertiary/aromatic N) is 1. The largest absolute Gasteiger partial charge is 0.354 e. The lowest BCUT2D eigenvalue weighted by atomic mass is 10.2. The first-order valence-electron chi connectivity index (χ1n) is 6.09. The molecule has 0 saturated heterocycles. The molecule has 0 aliphatic rings. The molecule has 1 unspecified atom stereocenters. The number of hydrogen-bond acceptors (Lipinski definition) is 4. The zero-order valence-corrected chi connectivity index (χ0v) is 12.0. The van der Waals surface area contributed by atoms with Crippen LogP contribution in [0, 0.1) is 0 Å². The van der Waals surface area contributed by atoms with Crippen LogP contribution in [0.5, 0.6) is 0 Å². The predicted molar refractivity (Wildman–Crippen MR) is 74.4 cm³/mol. The molecule has 0 fully saturated rings. The number of hydrogen-bond donors (Lipinski definition) is 0.